The Labute approximate surface area is 163 Å². The number of carbonyl (C=O) groups excluding carboxylic acids is 1. The van der Waals surface area contributed by atoms with Crippen molar-refractivity contribution < 1.29 is 14.7 Å². The van der Waals surface area contributed by atoms with Crippen LogP contribution in [-0.2, 0) is 17.8 Å². The molecule has 1 aromatic carbocycles. The van der Waals surface area contributed by atoms with Gasteiger partial charge in [-0.25, -0.2) is 9.78 Å². The molecular formula is C21H25N3O4. The van der Waals surface area contributed by atoms with Crippen LogP contribution in [0.4, 0.5) is 0 Å². The molecule has 2 aliphatic heterocycles. The topological polar surface area (TPSA) is 92.5 Å². The monoisotopic (exact) mass is 383 g/mol. The van der Waals surface area contributed by atoms with Gasteiger partial charge in [-0.15, -0.1) is 0 Å². The molecule has 0 radical (unpaired) electrons. The lowest BCUT2D eigenvalue weighted by Gasteiger charge is -2.36. The number of nitrogens with zero attached hydrogens (tertiary/aromatic N) is 3. The second-order valence-electron chi connectivity index (χ2n) is 8.01. The number of amides is 1. The fourth-order valence-electron chi connectivity index (χ4n) is 4.34. The van der Waals surface area contributed by atoms with Gasteiger partial charge in [-0.3, -0.25) is 14.2 Å². The molecule has 148 valence electrons. The number of fused-ring (bicyclic) bond motifs is 2. The van der Waals surface area contributed by atoms with Crippen LogP contribution < -0.4 is 5.56 Å². The molecule has 2 aromatic rings. The van der Waals surface area contributed by atoms with Gasteiger partial charge in [0.05, 0.1) is 10.9 Å². The fourth-order valence-corrected chi connectivity index (χ4v) is 4.34. The van der Waals surface area contributed by atoms with Crippen LogP contribution in [0.15, 0.2) is 23.0 Å². The van der Waals surface area contributed by atoms with Crippen LogP contribution in [0.3, 0.4) is 0 Å². The summed E-state index contributed by atoms with van der Waals surface area (Å²) < 4.78 is 1.75. The smallest absolute Gasteiger partial charge is 0.326 e. The normalized spacial score (nSPS) is 22.5. The van der Waals surface area contributed by atoms with E-state index < -0.39 is 12.0 Å². The van der Waals surface area contributed by atoms with Gasteiger partial charge in [0.2, 0.25) is 0 Å². The van der Waals surface area contributed by atoms with E-state index in [2.05, 4.69) is 4.98 Å². The Morgan fingerprint density at radius 2 is 2.00 bits per heavy atom. The minimum Gasteiger partial charge on any atom is -0.480 e. The first-order valence-electron chi connectivity index (χ1n) is 10.0. The van der Waals surface area contributed by atoms with Gasteiger partial charge in [0.1, 0.15) is 11.9 Å². The lowest BCUT2D eigenvalue weighted by Crippen LogP contribution is -2.49. The van der Waals surface area contributed by atoms with E-state index >= 15 is 0 Å². The predicted octanol–water partition coefficient (Wildman–Crippen LogP) is 2.45. The van der Waals surface area contributed by atoms with Crippen LogP contribution in [0.5, 0.6) is 0 Å². The van der Waals surface area contributed by atoms with Gasteiger partial charge in [-0.05, 0) is 49.8 Å². The van der Waals surface area contributed by atoms with Crippen molar-refractivity contribution in [2.24, 2.45) is 5.92 Å². The lowest BCUT2D eigenvalue weighted by atomic mass is 9.92. The zero-order valence-electron chi connectivity index (χ0n) is 16.1. The van der Waals surface area contributed by atoms with Crippen molar-refractivity contribution >= 4 is 22.8 Å². The number of benzene rings is 1. The van der Waals surface area contributed by atoms with Crippen LogP contribution in [-0.4, -0.2) is 44.0 Å². The molecule has 28 heavy (non-hydrogen) atoms. The quantitative estimate of drug-likeness (QED) is 0.860. The molecule has 0 aliphatic carbocycles. The van der Waals surface area contributed by atoms with Gasteiger partial charge in [-0.1, -0.05) is 13.3 Å². The SMILES string of the molecule is CC1CCN(C(=O)c2ccc3c(=O)n4c(nc3c2)CCCCC4)C(C(=O)O)C1. The number of carbonyl (C=O) groups is 2. The molecule has 1 saturated heterocycles. The second-order valence-corrected chi connectivity index (χ2v) is 8.01. The molecule has 1 amide bonds. The first-order valence-corrected chi connectivity index (χ1v) is 10.0. The molecule has 2 atom stereocenters. The Bertz CT molecular complexity index is 997. The van der Waals surface area contributed by atoms with E-state index in [1.54, 1.807) is 22.8 Å². The van der Waals surface area contributed by atoms with Crippen LogP contribution >= 0.6 is 0 Å². The summed E-state index contributed by atoms with van der Waals surface area (Å²) in [6.45, 7) is 3.12. The van der Waals surface area contributed by atoms with Gasteiger partial charge in [0.15, 0.2) is 0 Å². The van der Waals surface area contributed by atoms with Crippen molar-refractivity contribution in [1.29, 1.82) is 0 Å². The van der Waals surface area contributed by atoms with Gasteiger partial charge in [0, 0.05) is 25.1 Å². The van der Waals surface area contributed by atoms with Crippen molar-refractivity contribution in [3.05, 3.63) is 39.9 Å². The highest BCUT2D eigenvalue weighted by Gasteiger charge is 2.35. The maximum Gasteiger partial charge on any atom is 0.326 e. The summed E-state index contributed by atoms with van der Waals surface area (Å²) in [5.41, 5.74) is 0.844. The Morgan fingerprint density at radius 1 is 1.18 bits per heavy atom. The zero-order chi connectivity index (χ0) is 19.8. The molecule has 0 bridgehead atoms. The average Bonchev–Trinajstić information content (AvgIpc) is 2.92. The predicted molar refractivity (Wildman–Crippen MR) is 104 cm³/mol. The number of carboxylic acids is 1. The number of aliphatic carboxylic acids is 1. The number of hydrogen-bond acceptors (Lipinski definition) is 4. The van der Waals surface area contributed by atoms with Gasteiger partial charge in [-0.2, -0.15) is 0 Å². The average molecular weight is 383 g/mol. The summed E-state index contributed by atoms with van der Waals surface area (Å²) in [7, 11) is 0. The molecule has 4 rings (SSSR count). The fraction of sp³-hybridized carbons (Fsp3) is 0.524. The number of aryl methyl sites for hydroxylation is 1. The standard InChI is InChI=1S/C21H25N3O4/c1-13-8-10-23(17(11-13)21(27)28)19(25)14-6-7-15-16(12-14)22-18-5-3-2-4-9-24(18)20(15)26/h6-7,12-13,17H,2-5,8-11H2,1H3,(H,27,28). The van der Waals surface area contributed by atoms with Gasteiger partial charge < -0.3 is 10.0 Å². The van der Waals surface area contributed by atoms with Crippen molar-refractivity contribution in [2.45, 2.75) is 58.0 Å². The second kappa shape index (κ2) is 7.37. The van der Waals surface area contributed by atoms with Crippen LogP contribution in [0.25, 0.3) is 10.9 Å². The van der Waals surface area contributed by atoms with E-state index in [0.29, 0.717) is 36.0 Å². The molecule has 0 saturated carbocycles. The first kappa shape index (κ1) is 18.7. The van der Waals surface area contributed by atoms with E-state index in [1.807, 2.05) is 6.92 Å². The Hall–Kier alpha value is -2.70. The Balaban J connectivity index is 1.72. The minimum absolute atomic E-state index is 0.0592. The Kier molecular flexibility index (Phi) is 4.91. The highest BCUT2D eigenvalue weighted by molar-refractivity contribution is 5.99. The van der Waals surface area contributed by atoms with E-state index in [4.69, 9.17) is 0 Å². The minimum atomic E-state index is -0.970. The third-order valence-electron chi connectivity index (χ3n) is 5.97. The molecule has 0 spiro atoms. The number of rotatable bonds is 2. The summed E-state index contributed by atoms with van der Waals surface area (Å²) in [5.74, 6) is -0.228. The number of aromatic nitrogens is 2. The van der Waals surface area contributed by atoms with E-state index in [9.17, 15) is 19.5 Å². The molecule has 2 aliphatic rings. The van der Waals surface area contributed by atoms with Crippen molar-refractivity contribution in [3.63, 3.8) is 0 Å². The molecular weight excluding hydrogens is 358 g/mol. The molecule has 1 aromatic heterocycles. The molecule has 1 N–H and O–H groups in total. The third kappa shape index (κ3) is 3.30. The summed E-state index contributed by atoms with van der Waals surface area (Å²) in [6, 6.07) is 4.10. The largest absolute Gasteiger partial charge is 0.480 e. The first-order chi connectivity index (χ1) is 13.5. The number of piperidine rings is 1. The number of hydrogen-bond donors (Lipinski definition) is 1. The van der Waals surface area contributed by atoms with Crippen molar-refractivity contribution in [3.8, 4) is 0 Å². The summed E-state index contributed by atoms with van der Waals surface area (Å²) >= 11 is 0. The van der Waals surface area contributed by atoms with E-state index in [-0.39, 0.29) is 17.4 Å². The van der Waals surface area contributed by atoms with E-state index in [1.165, 1.54) is 4.90 Å². The third-order valence-corrected chi connectivity index (χ3v) is 5.97. The molecule has 3 heterocycles. The van der Waals surface area contributed by atoms with Crippen LogP contribution in [0.2, 0.25) is 0 Å². The lowest BCUT2D eigenvalue weighted by molar-refractivity contribution is -0.144. The van der Waals surface area contributed by atoms with Gasteiger partial charge in [0.25, 0.3) is 11.5 Å². The Morgan fingerprint density at radius 3 is 2.79 bits per heavy atom. The maximum absolute atomic E-state index is 13.0. The number of likely N-dealkylation sites (tertiary alicyclic amines) is 1. The molecule has 1 fully saturated rings. The van der Waals surface area contributed by atoms with Crippen LogP contribution in [0, 0.1) is 5.92 Å². The van der Waals surface area contributed by atoms with E-state index in [0.717, 1.165) is 37.9 Å². The summed E-state index contributed by atoms with van der Waals surface area (Å²) in [4.78, 5) is 43.6. The van der Waals surface area contributed by atoms with Gasteiger partial charge >= 0.3 is 5.97 Å². The zero-order valence-corrected chi connectivity index (χ0v) is 16.1. The van der Waals surface area contributed by atoms with Crippen LogP contribution in [0.1, 0.15) is 55.2 Å². The number of carboxylic acid groups (broad SMARTS) is 1. The maximum atomic E-state index is 13.0. The molecule has 2 unspecified atom stereocenters. The summed E-state index contributed by atoms with van der Waals surface area (Å²) in [5, 5.41) is 10.0. The summed E-state index contributed by atoms with van der Waals surface area (Å²) in [6.07, 6.45) is 5.06. The van der Waals surface area contributed by atoms with Crippen molar-refractivity contribution in [1.82, 2.24) is 14.5 Å². The molecule has 7 heteroatoms. The highest BCUT2D eigenvalue weighted by Crippen LogP contribution is 2.25. The molecule has 7 nitrogen and oxygen atoms in total. The highest BCUT2D eigenvalue weighted by atomic mass is 16.4. The van der Waals surface area contributed by atoms with Crippen molar-refractivity contribution in [2.75, 3.05) is 6.54 Å².